The number of rotatable bonds is 5. The van der Waals surface area contributed by atoms with Crippen LogP contribution in [0, 0.1) is 0 Å². The van der Waals surface area contributed by atoms with Gasteiger partial charge in [0.25, 0.3) is 0 Å². The molecule has 0 aliphatic heterocycles. The number of carboxylic acid groups (broad SMARTS) is 1. The SMILES string of the molecule is COc1cc(NS(=O)(=O)C2CC2)c(Cl)cc1C(=O)O. The van der Waals surface area contributed by atoms with Crippen LogP contribution in [0.15, 0.2) is 12.1 Å². The highest BCUT2D eigenvalue weighted by atomic mass is 35.5. The first kappa shape index (κ1) is 14.0. The third-order valence-corrected chi connectivity index (χ3v) is 4.90. The molecule has 19 heavy (non-hydrogen) atoms. The standard InChI is InChI=1S/C11H12ClNO5S/c1-18-10-5-9(8(12)4-7(10)11(14)15)13-19(16,17)6-2-3-6/h4-6,13H,2-3H2,1H3,(H,14,15). The smallest absolute Gasteiger partial charge is 0.339 e. The summed E-state index contributed by atoms with van der Waals surface area (Å²) in [4.78, 5) is 11.0. The molecule has 1 aromatic rings. The van der Waals surface area contributed by atoms with Gasteiger partial charge in [-0.3, -0.25) is 4.72 Å². The second-order valence-electron chi connectivity index (χ2n) is 4.18. The molecule has 1 aromatic carbocycles. The third-order valence-electron chi connectivity index (χ3n) is 2.73. The van der Waals surface area contributed by atoms with Crippen molar-refractivity contribution in [2.45, 2.75) is 18.1 Å². The average molecular weight is 306 g/mol. The topological polar surface area (TPSA) is 92.7 Å². The molecule has 0 bridgehead atoms. The summed E-state index contributed by atoms with van der Waals surface area (Å²) >= 11 is 5.89. The Bertz CT molecular complexity index is 624. The molecule has 0 amide bonds. The van der Waals surface area contributed by atoms with Gasteiger partial charge in [0.2, 0.25) is 10.0 Å². The van der Waals surface area contributed by atoms with Crippen LogP contribution in [0.25, 0.3) is 0 Å². The minimum Gasteiger partial charge on any atom is -0.496 e. The highest BCUT2D eigenvalue weighted by Crippen LogP contribution is 2.35. The van der Waals surface area contributed by atoms with E-state index in [4.69, 9.17) is 21.4 Å². The molecule has 1 aliphatic rings. The predicted molar refractivity (Wildman–Crippen MR) is 70.5 cm³/mol. The monoisotopic (exact) mass is 305 g/mol. The van der Waals surface area contributed by atoms with Gasteiger partial charge in [0.1, 0.15) is 11.3 Å². The number of carbonyl (C=O) groups is 1. The lowest BCUT2D eigenvalue weighted by Gasteiger charge is -2.12. The van der Waals surface area contributed by atoms with E-state index < -0.39 is 21.2 Å². The predicted octanol–water partition coefficient (Wildman–Crippen LogP) is 1.95. The number of aromatic carboxylic acids is 1. The zero-order valence-corrected chi connectivity index (χ0v) is 11.6. The van der Waals surface area contributed by atoms with E-state index in [1.54, 1.807) is 0 Å². The summed E-state index contributed by atoms with van der Waals surface area (Å²) in [7, 11) is -2.16. The van der Waals surface area contributed by atoms with Gasteiger partial charge >= 0.3 is 5.97 Å². The lowest BCUT2D eigenvalue weighted by molar-refractivity contribution is 0.0693. The molecule has 0 radical (unpaired) electrons. The van der Waals surface area contributed by atoms with E-state index in [-0.39, 0.29) is 22.0 Å². The Morgan fingerprint density at radius 1 is 1.47 bits per heavy atom. The summed E-state index contributed by atoms with van der Waals surface area (Å²) < 4.78 is 30.9. The van der Waals surface area contributed by atoms with Crippen molar-refractivity contribution in [2.24, 2.45) is 0 Å². The van der Waals surface area contributed by atoms with Crippen LogP contribution in [-0.2, 0) is 10.0 Å². The number of ether oxygens (including phenoxy) is 1. The number of hydrogen-bond acceptors (Lipinski definition) is 4. The quantitative estimate of drug-likeness (QED) is 0.867. The third kappa shape index (κ3) is 2.93. The highest BCUT2D eigenvalue weighted by molar-refractivity contribution is 7.93. The van der Waals surface area contributed by atoms with Crippen LogP contribution < -0.4 is 9.46 Å². The molecule has 1 fully saturated rings. The number of sulfonamides is 1. The minimum atomic E-state index is -3.46. The number of halogens is 1. The molecule has 0 aromatic heterocycles. The first-order chi connectivity index (χ1) is 8.85. The van der Waals surface area contributed by atoms with Crippen LogP contribution in [0.1, 0.15) is 23.2 Å². The van der Waals surface area contributed by atoms with E-state index in [2.05, 4.69) is 4.72 Å². The number of benzene rings is 1. The molecular formula is C11H12ClNO5S. The zero-order valence-electron chi connectivity index (χ0n) is 10.0. The summed E-state index contributed by atoms with van der Waals surface area (Å²) in [6.45, 7) is 0. The van der Waals surface area contributed by atoms with Crippen LogP contribution in [0.3, 0.4) is 0 Å². The van der Waals surface area contributed by atoms with Gasteiger partial charge < -0.3 is 9.84 Å². The number of hydrogen-bond donors (Lipinski definition) is 2. The normalized spacial score (nSPS) is 15.1. The second kappa shape index (κ2) is 4.90. The van der Waals surface area contributed by atoms with Gasteiger partial charge in [0, 0.05) is 6.07 Å². The molecule has 0 saturated heterocycles. The van der Waals surface area contributed by atoms with Gasteiger partial charge in [-0.1, -0.05) is 11.6 Å². The van der Waals surface area contributed by atoms with Crippen molar-refractivity contribution in [3.05, 3.63) is 22.7 Å². The molecule has 0 heterocycles. The van der Waals surface area contributed by atoms with E-state index >= 15 is 0 Å². The van der Waals surface area contributed by atoms with Crippen LogP contribution in [0.5, 0.6) is 5.75 Å². The molecule has 0 atom stereocenters. The zero-order chi connectivity index (χ0) is 14.2. The molecule has 6 nitrogen and oxygen atoms in total. The summed E-state index contributed by atoms with van der Waals surface area (Å²) in [5.41, 5.74) is -0.00251. The van der Waals surface area contributed by atoms with Crippen molar-refractivity contribution < 1.29 is 23.1 Å². The Morgan fingerprint density at radius 3 is 2.58 bits per heavy atom. The minimum absolute atomic E-state index is 0.0161. The number of methoxy groups -OCH3 is 1. The molecule has 1 aliphatic carbocycles. The van der Waals surface area contributed by atoms with Gasteiger partial charge in [-0.2, -0.15) is 0 Å². The Kier molecular flexibility index (Phi) is 3.60. The van der Waals surface area contributed by atoms with Gasteiger partial charge in [0.05, 0.1) is 23.1 Å². The van der Waals surface area contributed by atoms with Crippen molar-refractivity contribution in [2.75, 3.05) is 11.8 Å². The molecule has 1 saturated carbocycles. The summed E-state index contributed by atoms with van der Waals surface area (Å²) in [6.07, 6.45) is 1.24. The van der Waals surface area contributed by atoms with E-state index in [1.165, 1.54) is 13.2 Å². The number of carboxylic acids is 1. The number of nitrogens with one attached hydrogen (secondary N) is 1. The van der Waals surface area contributed by atoms with E-state index in [0.29, 0.717) is 12.8 Å². The first-order valence-corrected chi connectivity index (χ1v) is 7.40. The van der Waals surface area contributed by atoms with Gasteiger partial charge in [-0.15, -0.1) is 0 Å². The van der Waals surface area contributed by atoms with Crippen LogP contribution in [0.4, 0.5) is 5.69 Å². The lowest BCUT2D eigenvalue weighted by atomic mass is 10.2. The second-order valence-corrected chi connectivity index (χ2v) is 6.55. The Hall–Kier alpha value is -1.47. The van der Waals surface area contributed by atoms with E-state index in [9.17, 15) is 13.2 Å². The molecule has 2 N–H and O–H groups in total. The molecule has 104 valence electrons. The largest absolute Gasteiger partial charge is 0.496 e. The van der Waals surface area contributed by atoms with Crippen LogP contribution in [-0.4, -0.2) is 31.9 Å². The molecule has 0 spiro atoms. The van der Waals surface area contributed by atoms with E-state index in [1.807, 2.05) is 0 Å². The van der Waals surface area contributed by atoms with Gasteiger partial charge in [0.15, 0.2) is 0 Å². The molecular weight excluding hydrogens is 294 g/mol. The molecule has 8 heteroatoms. The van der Waals surface area contributed by atoms with Crippen molar-refractivity contribution in [1.29, 1.82) is 0 Å². The maximum atomic E-state index is 11.8. The Labute approximate surface area is 115 Å². The Balaban J connectivity index is 2.39. The first-order valence-electron chi connectivity index (χ1n) is 5.47. The average Bonchev–Trinajstić information content (AvgIpc) is 3.15. The highest BCUT2D eigenvalue weighted by Gasteiger charge is 2.36. The fourth-order valence-corrected chi connectivity index (χ4v) is 3.25. The van der Waals surface area contributed by atoms with Crippen molar-refractivity contribution in [1.82, 2.24) is 0 Å². The summed E-state index contributed by atoms with van der Waals surface area (Å²) in [5.74, 6) is -1.15. The fourth-order valence-electron chi connectivity index (χ4n) is 1.58. The lowest BCUT2D eigenvalue weighted by Crippen LogP contribution is -2.18. The molecule has 2 rings (SSSR count). The Morgan fingerprint density at radius 2 is 2.11 bits per heavy atom. The van der Waals surface area contributed by atoms with Crippen molar-refractivity contribution in [3.63, 3.8) is 0 Å². The number of anilines is 1. The fraction of sp³-hybridized carbons (Fsp3) is 0.364. The summed E-state index contributed by atoms with van der Waals surface area (Å²) in [5, 5.41) is 8.59. The maximum absolute atomic E-state index is 11.8. The molecule has 0 unspecified atom stereocenters. The van der Waals surface area contributed by atoms with Crippen LogP contribution in [0.2, 0.25) is 5.02 Å². The van der Waals surface area contributed by atoms with Crippen LogP contribution >= 0.6 is 11.6 Å². The van der Waals surface area contributed by atoms with Crippen molar-refractivity contribution in [3.8, 4) is 5.75 Å². The van der Waals surface area contributed by atoms with Gasteiger partial charge in [-0.05, 0) is 18.9 Å². The van der Waals surface area contributed by atoms with E-state index in [0.717, 1.165) is 6.07 Å². The summed E-state index contributed by atoms with van der Waals surface area (Å²) in [6, 6.07) is 2.43. The van der Waals surface area contributed by atoms with Crippen molar-refractivity contribution >= 4 is 33.3 Å². The maximum Gasteiger partial charge on any atom is 0.339 e. The van der Waals surface area contributed by atoms with Gasteiger partial charge in [-0.25, -0.2) is 13.2 Å².